The molecule has 0 fully saturated rings. The van der Waals surface area contributed by atoms with Gasteiger partial charge in [-0.2, -0.15) is 0 Å². The van der Waals surface area contributed by atoms with E-state index in [0.29, 0.717) is 23.8 Å². The fourth-order valence-electron chi connectivity index (χ4n) is 3.64. The van der Waals surface area contributed by atoms with E-state index in [1.165, 1.54) is 0 Å². The Balaban J connectivity index is 1.84. The fraction of sp³-hybridized carbons (Fsp3) is 0.370. The van der Waals surface area contributed by atoms with Crippen LogP contribution in [-0.2, 0) is 41.7 Å². The van der Waals surface area contributed by atoms with Gasteiger partial charge in [-0.1, -0.05) is 30.3 Å². The monoisotopic (exact) mass is 563 g/mol. The van der Waals surface area contributed by atoms with E-state index in [2.05, 4.69) is 10.6 Å². The molecule has 0 aliphatic rings. The number of aliphatic carboxylic acids is 1. The van der Waals surface area contributed by atoms with Gasteiger partial charge in [0.15, 0.2) is 0 Å². The average molecular weight is 564 g/mol. The van der Waals surface area contributed by atoms with Crippen molar-refractivity contribution < 1.29 is 47.3 Å². The number of methoxy groups -OCH3 is 1. The number of carboxylic acids is 1. The second-order valence-electron chi connectivity index (χ2n) is 8.73. The van der Waals surface area contributed by atoms with Crippen molar-refractivity contribution in [3.63, 3.8) is 0 Å². The van der Waals surface area contributed by atoms with Crippen LogP contribution in [0.15, 0.2) is 48.5 Å². The molecule has 40 heavy (non-hydrogen) atoms. The molecule has 216 valence electrons. The van der Waals surface area contributed by atoms with E-state index >= 15 is 0 Å². The number of halogens is 2. The summed E-state index contributed by atoms with van der Waals surface area (Å²) < 4.78 is 36.7. The summed E-state index contributed by atoms with van der Waals surface area (Å²) >= 11 is 0. The minimum atomic E-state index is -1.41. The van der Waals surface area contributed by atoms with E-state index in [1.54, 1.807) is 0 Å². The highest BCUT2D eigenvalue weighted by atomic mass is 19.1. The molecule has 3 amide bonds. The number of hydrogen-bond donors (Lipinski definition) is 3. The summed E-state index contributed by atoms with van der Waals surface area (Å²) in [5.74, 6) is -5.68. The quantitative estimate of drug-likeness (QED) is 0.220. The molecular weight excluding hydrogens is 532 g/mol. The minimum Gasteiger partial charge on any atom is -0.480 e. The lowest BCUT2D eigenvalue weighted by molar-refractivity contribution is -0.148. The first kappa shape index (κ1) is 31.7. The number of carbonyl (C=O) groups excluding carboxylic acids is 4. The number of benzene rings is 2. The largest absolute Gasteiger partial charge is 0.480 e. The van der Waals surface area contributed by atoms with Crippen molar-refractivity contribution in [1.82, 2.24) is 15.5 Å². The van der Waals surface area contributed by atoms with Crippen molar-refractivity contribution in [3.05, 3.63) is 71.3 Å². The number of unbranched alkanes of at least 4 members (excludes halogenated alkanes) is 1. The fourth-order valence-corrected chi connectivity index (χ4v) is 3.64. The van der Waals surface area contributed by atoms with Crippen molar-refractivity contribution in [2.45, 2.75) is 38.3 Å². The SMILES string of the molecule is COC(=O)[C@H](CCCCNC(=O)OCc1ccccc1)NC(=O)CN(CC(=O)O)C(=O)Cc1cc(F)cc(F)c1. The number of rotatable bonds is 15. The molecule has 0 aromatic heterocycles. The zero-order valence-electron chi connectivity index (χ0n) is 21.9. The van der Waals surface area contributed by atoms with Gasteiger partial charge >= 0.3 is 18.0 Å². The van der Waals surface area contributed by atoms with E-state index in [0.717, 1.165) is 24.8 Å². The van der Waals surface area contributed by atoms with Crippen molar-refractivity contribution in [1.29, 1.82) is 0 Å². The lowest BCUT2D eigenvalue weighted by Gasteiger charge is -2.22. The predicted molar refractivity (Wildman–Crippen MR) is 137 cm³/mol. The Kier molecular flexibility index (Phi) is 13.0. The molecule has 0 aliphatic carbocycles. The molecule has 0 aliphatic heterocycles. The Hall–Kier alpha value is -4.55. The third-order valence-electron chi connectivity index (χ3n) is 5.51. The van der Waals surface area contributed by atoms with Gasteiger partial charge in [-0.3, -0.25) is 14.4 Å². The van der Waals surface area contributed by atoms with Crippen molar-refractivity contribution >= 4 is 29.8 Å². The maximum Gasteiger partial charge on any atom is 0.407 e. The molecule has 0 spiro atoms. The van der Waals surface area contributed by atoms with Crippen LogP contribution in [0, 0.1) is 11.6 Å². The molecule has 11 nitrogen and oxygen atoms in total. The van der Waals surface area contributed by atoms with Gasteiger partial charge in [0.2, 0.25) is 11.8 Å². The topological polar surface area (TPSA) is 151 Å². The van der Waals surface area contributed by atoms with E-state index in [1.807, 2.05) is 30.3 Å². The van der Waals surface area contributed by atoms with E-state index in [9.17, 15) is 32.8 Å². The number of hydrogen-bond acceptors (Lipinski definition) is 7. The van der Waals surface area contributed by atoms with Crippen LogP contribution >= 0.6 is 0 Å². The third kappa shape index (κ3) is 11.9. The molecule has 2 aromatic carbocycles. The average Bonchev–Trinajstić information content (AvgIpc) is 2.90. The number of amides is 3. The highest BCUT2D eigenvalue weighted by molar-refractivity contribution is 5.90. The summed E-state index contributed by atoms with van der Waals surface area (Å²) in [7, 11) is 1.13. The third-order valence-corrected chi connectivity index (χ3v) is 5.51. The molecule has 0 saturated carbocycles. The Morgan fingerprint density at radius 3 is 2.25 bits per heavy atom. The zero-order valence-corrected chi connectivity index (χ0v) is 21.9. The summed E-state index contributed by atoms with van der Waals surface area (Å²) in [5, 5.41) is 14.1. The van der Waals surface area contributed by atoms with Gasteiger partial charge in [-0.15, -0.1) is 0 Å². The van der Waals surface area contributed by atoms with Crippen LogP contribution in [0.4, 0.5) is 13.6 Å². The molecule has 2 aromatic rings. The van der Waals surface area contributed by atoms with E-state index < -0.39 is 67.0 Å². The molecule has 2 rings (SSSR count). The van der Waals surface area contributed by atoms with Crippen molar-refractivity contribution in [2.24, 2.45) is 0 Å². The molecule has 0 saturated heterocycles. The zero-order chi connectivity index (χ0) is 29.5. The normalized spacial score (nSPS) is 11.2. The second kappa shape index (κ2) is 16.4. The maximum absolute atomic E-state index is 13.4. The van der Waals surface area contributed by atoms with Gasteiger partial charge in [-0.05, 0) is 42.5 Å². The van der Waals surface area contributed by atoms with Crippen LogP contribution in [0.25, 0.3) is 0 Å². The number of ether oxygens (including phenoxy) is 2. The molecule has 0 unspecified atom stereocenters. The number of alkyl carbamates (subject to hydrolysis) is 1. The molecule has 1 atom stereocenters. The van der Waals surface area contributed by atoms with Crippen molar-refractivity contribution in [2.75, 3.05) is 26.7 Å². The summed E-state index contributed by atoms with van der Waals surface area (Å²) in [6.45, 7) is -1.20. The Morgan fingerprint density at radius 1 is 0.950 bits per heavy atom. The lowest BCUT2D eigenvalue weighted by Crippen LogP contribution is -2.48. The molecule has 3 N–H and O–H groups in total. The Labute approximate surface area is 229 Å². The summed E-state index contributed by atoms with van der Waals surface area (Å²) in [6, 6.07) is 10.5. The molecule has 0 heterocycles. The standard InChI is InChI=1S/C27H31F2N3O8/c1-39-26(37)22(9-5-6-10-30-27(38)40-17-18-7-3-2-4-8-18)31-23(33)15-32(16-25(35)36)24(34)13-19-11-20(28)14-21(29)12-19/h2-4,7-8,11-12,14,22H,5-6,9-10,13,15-17H2,1H3,(H,30,38)(H,31,33)(H,35,36)/t22-/m0/s1. The van der Waals surface area contributed by atoms with Gasteiger partial charge in [0.05, 0.1) is 13.5 Å². The summed E-state index contributed by atoms with van der Waals surface area (Å²) in [4.78, 5) is 61.1. The van der Waals surface area contributed by atoms with Crippen LogP contribution in [-0.4, -0.2) is 72.6 Å². The highest BCUT2D eigenvalue weighted by Crippen LogP contribution is 2.10. The molecule has 13 heteroatoms. The number of esters is 1. The van der Waals surface area contributed by atoms with Gasteiger partial charge in [0.1, 0.15) is 37.4 Å². The first-order valence-corrected chi connectivity index (χ1v) is 12.3. The minimum absolute atomic E-state index is 0.0386. The van der Waals surface area contributed by atoms with E-state index in [-0.39, 0.29) is 25.1 Å². The molecule has 0 radical (unpaired) electrons. The van der Waals surface area contributed by atoms with Crippen molar-refractivity contribution in [3.8, 4) is 0 Å². The summed E-state index contributed by atoms with van der Waals surface area (Å²) in [6.07, 6.45) is -0.184. The van der Waals surface area contributed by atoms with Crippen LogP contribution in [0.3, 0.4) is 0 Å². The number of carboxylic acid groups (broad SMARTS) is 1. The summed E-state index contributed by atoms with van der Waals surface area (Å²) in [5.41, 5.74) is 0.795. The van der Waals surface area contributed by atoms with Gasteiger partial charge in [0, 0.05) is 12.6 Å². The molecular formula is C27H31F2N3O8. The van der Waals surface area contributed by atoms with Gasteiger partial charge in [0.25, 0.3) is 0 Å². The Morgan fingerprint density at radius 2 is 1.62 bits per heavy atom. The number of nitrogens with zero attached hydrogens (tertiary/aromatic N) is 1. The van der Waals surface area contributed by atoms with Crippen LogP contribution < -0.4 is 10.6 Å². The predicted octanol–water partition coefficient (Wildman–Crippen LogP) is 2.17. The van der Waals surface area contributed by atoms with Gasteiger partial charge < -0.3 is 30.1 Å². The van der Waals surface area contributed by atoms with Gasteiger partial charge in [-0.25, -0.2) is 18.4 Å². The first-order chi connectivity index (χ1) is 19.1. The highest BCUT2D eigenvalue weighted by Gasteiger charge is 2.25. The molecule has 0 bridgehead atoms. The first-order valence-electron chi connectivity index (χ1n) is 12.3. The lowest BCUT2D eigenvalue weighted by atomic mass is 10.1. The van der Waals surface area contributed by atoms with Crippen LogP contribution in [0.5, 0.6) is 0 Å². The number of nitrogens with one attached hydrogen (secondary N) is 2. The maximum atomic E-state index is 13.4. The van der Waals surface area contributed by atoms with Crippen LogP contribution in [0.2, 0.25) is 0 Å². The van der Waals surface area contributed by atoms with E-state index in [4.69, 9.17) is 14.6 Å². The van der Waals surface area contributed by atoms with Crippen LogP contribution in [0.1, 0.15) is 30.4 Å². The smallest absolute Gasteiger partial charge is 0.407 e. The Bertz CT molecular complexity index is 1160. The number of carbonyl (C=O) groups is 5. The second-order valence-corrected chi connectivity index (χ2v) is 8.73.